The third-order valence-corrected chi connectivity index (χ3v) is 1.99. The first-order valence-electron chi connectivity index (χ1n) is 4.23. The van der Waals surface area contributed by atoms with Crippen LogP contribution in [0.3, 0.4) is 0 Å². The number of ether oxygens (including phenoxy) is 1. The highest BCUT2D eigenvalue weighted by atomic mass is 19.3. The maximum absolute atomic E-state index is 12.0. The average molecular weight is 230 g/mol. The van der Waals surface area contributed by atoms with Crippen LogP contribution in [0.2, 0.25) is 0 Å². The summed E-state index contributed by atoms with van der Waals surface area (Å²) in [5, 5.41) is 8.70. The fraction of sp³-hybridized carbons (Fsp3) is 0.200. The van der Waals surface area contributed by atoms with E-state index in [0.29, 0.717) is 6.29 Å². The Bertz CT molecular complexity index is 429. The Hall–Kier alpha value is -1.98. The third kappa shape index (κ3) is 2.53. The van der Waals surface area contributed by atoms with Gasteiger partial charge in [-0.15, -0.1) is 0 Å². The molecule has 1 aromatic carbocycles. The van der Waals surface area contributed by atoms with Crippen molar-refractivity contribution in [3.05, 3.63) is 28.8 Å². The molecule has 1 N–H and O–H groups in total. The molecule has 0 spiro atoms. The number of carboxylic acids is 1. The van der Waals surface area contributed by atoms with E-state index in [0.717, 1.165) is 12.1 Å². The summed E-state index contributed by atoms with van der Waals surface area (Å²) in [5.74, 6) is -1.63. The fourth-order valence-corrected chi connectivity index (χ4v) is 1.17. The molecule has 0 unspecified atom stereocenters. The van der Waals surface area contributed by atoms with Gasteiger partial charge in [0.15, 0.2) is 0 Å². The van der Waals surface area contributed by atoms with E-state index in [1.54, 1.807) is 0 Å². The van der Waals surface area contributed by atoms with Crippen molar-refractivity contribution >= 4 is 12.3 Å². The minimum absolute atomic E-state index is 0.00977. The van der Waals surface area contributed by atoms with Crippen molar-refractivity contribution in [2.45, 2.75) is 13.5 Å². The first-order valence-corrected chi connectivity index (χ1v) is 4.23. The standard InChI is InChI=1S/C10H8F2O4/c1-5-7(4-13)2-6(9(14)15)3-8(5)16-10(11)12/h2-4,10H,1H3,(H,14,15). The van der Waals surface area contributed by atoms with Crippen LogP contribution in [0.4, 0.5) is 8.78 Å². The number of aldehydes is 1. The van der Waals surface area contributed by atoms with E-state index in [-0.39, 0.29) is 22.4 Å². The highest BCUT2D eigenvalue weighted by Gasteiger charge is 2.14. The highest BCUT2D eigenvalue weighted by Crippen LogP contribution is 2.24. The summed E-state index contributed by atoms with van der Waals surface area (Å²) in [6.45, 7) is -1.67. The molecule has 1 aromatic rings. The minimum Gasteiger partial charge on any atom is -0.478 e. The van der Waals surface area contributed by atoms with Crippen LogP contribution < -0.4 is 4.74 Å². The molecule has 1 rings (SSSR count). The number of hydrogen-bond donors (Lipinski definition) is 1. The Morgan fingerprint density at radius 3 is 2.56 bits per heavy atom. The largest absolute Gasteiger partial charge is 0.478 e. The summed E-state index contributed by atoms with van der Waals surface area (Å²) in [4.78, 5) is 21.3. The number of benzene rings is 1. The second kappa shape index (κ2) is 4.69. The molecule has 16 heavy (non-hydrogen) atoms. The SMILES string of the molecule is Cc1c(C=O)cc(C(=O)O)cc1OC(F)F. The summed E-state index contributed by atoms with van der Waals surface area (Å²) < 4.78 is 28.1. The van der Waals surface area contributed by atoms with E-state index < -0.39 is 12.6 Å². The zero-order chi connectivity index (χ0) is 12.3. The Morgan fingerprint density at radius 2 is 2.12 bits per heavy atom. The molecule has 0 aliphatic carbocycles. The summed E-state index contributed by atoms with van der Waals surface area (Å²) in [6.07, 6.45) is 0.389. The predicted molar refractivity (Wildman–Crippen MR) is 50.2 cm³/mol. The first kappa shape index (κ1) is 12.1. The van der Waals surface area contributed by atoms with E-state index in [1.165, 1.54) is 6.92 Å². The minimum atomic E-state index is -3.07. The molecule has 4 nitrogen and oxygen atoms in total. The van der Waals surface area contributed by atoms with Crippen LogP contribution in [0.25, 0.3) is 0 Å². The Balaban J connectivity index is 3.29. The van der Waals surface area contributed by atoms with E-state index in [1.807, 2.05) is 0 Å². The van der Waals surface area contributed by atoms with E-state index in [2.05, 4.69) is 4.74 Å². The van der Waals surface area contributed by atoms with Gasteiger partial charge in [0, 0.05) is 11.1 Å². The average Bonchev–Trinajstić information content (AvgIpc) is 2.20. The molecule has 0 amide bonds. The molecule has 0 heterocycles. The van der Waals surface area contributed by atoms with Gasteiger partial charge in [0.25, 0.3) is 0 Å². The summed E-state index contributed by atoms with van der Waals surface area (Å²) in [7, 11) is 0. The van der Waals surface area contributed by atoms with Crippen molar-refractivity contribution in [2.24, 2.45) is 0 Å². The maximum atomic E-state index is 12.0. The number of carbonyl (C=O) groups excluding carboxylic acids is 1. The highest BCUT2D eigenvalue weighted by molar-refractivity contribution is 5.91. The summed E-state index contributed by atoms with van der Waals surface area (Å²) in [5.41, 5.74) is -0.0841. The van der Waals surface area contributed by atoms with Gasteiger partial charge in [-0.2, -0.15) is 8.78 Å². The van der Waals surface area contributed by atoms with Crippen molar-refractivity contribution in [2.75, 3.05) is 0 Å². The molecule has 0 saturated heterocycles. The molecule has 0 saturated carbocycles. The van der Waals surface area contributed by atoms with E-state index >= 15 is 0 Å². The second-order valence-corrected chi connectivity index (χ2v) is 2.99. The number of rotatable bonds is 4. The number of aromatic carboxylic acids is 1. The lowest BCUT2D eigenvalue weighted by Crippen LogP contribution is -2.07. The van der Waals surface area contributed by atoms with Crippen LogP contribution in [-0.2, 0) is 0 Å². The van der Waals surface area contributed by atoms with Gasteiger partial charge in [-0.1, -0.05) is 0 Å². The summed E-state index contributed by atoms with van der Waals surface area (Å²) in [6, 6.07) is 2.06. The Morgan fingerprint density at radius 1 is 1.50 bits per heavy atom. The zero-order valence-corrected chi connectivity index (χ0v) is 8.24. The molecule has 6 heteroatoms. The molecule has 0 aliphatic heterocycles. The van der Waals surface area contributed by atoms with Crippen molar-refractivity contribution in [1.29, 1.82) is 0 Å². The van der Waals surface area contributed by atoms with Gasteiger partial charge in [0.2, 0.25) is 0 Å². The smallest absolute Gasteiger partial charge is 0.387 e. The molecular weight excluding hydrogens is 222 g/mol. The Labute approximate surface area is 89.5 Å². The van der Waals surface area contributed by atoms with Gasteiger partial charge >= 0.3 is 12.6 Å². The molecule has 0 aromatic heterocycles. The van der Waals surface area contributed by atoms with Crippen molar-refractivity contribution < 1.29 is 28.2 Å². The van der Waals surface area contributed by atoms with Crippen molar-refractivity contribution in [1.82, 2.24) is 0 Å². The molecule has 0 radical (unpaired) electrons. The van der Waals surface area contributed by atoms with Gasteiger partial charge in [-0.3, -0.25) is 4.79 Å². The van der Waals surface area contributed by atoms with Gasteiger partial charge in [0.05, 0.1) is 5.56 Å². The third-order valence-electron chi connectivity index (χ3n) is 1.99. The van der Waals surface area contributed by atoms with Crippen molar-refractivity contribution in [3.63, 3.8) is 0 Å². The zero-order valence-electron chi connectivity index (χ0n) is 8.24. The van der Waals surface area contributed by atoms with Gasteiger partial charge < -0.3 is 9.84 Å². The van der Waals surface area contributed by atoms with Crippen LogP contribution in [0.1, 0.15) is 26.3 Å². The van der Waals surface area contributed by atoms with Gasteiger partial charge in [-0.25, -0.2) is 4.79 Å². The molecule has 0 atom stereocenters. The monoisotopic (exact) mass is 230 g/mol. The van der Waals surface area contributed by atoms with Crippen molar-refractivity contribution in [3.8, 4) is 5.75 Å². The molecule has 0 fully saturated rings. The lowest BCUT2D eigenvalue weighted by Gasteiger charge is -2.10. The molecule has 0 bridgehead atoms. The maximum Gasteiger partial charge on any atom is 0.387 e. The van der Waals surface area contributed by atoms with Crippen LogP contribution in [0.15, 0.2) is 12.1 Å². The molecule has 86 valence electrons. The Kier molecular flexibility index (Phi) is 3.55. The number of carbonyl (C=O) groups is 2. The topological polar surface area (TPSA) is 63.6 Å². The number of hydrogen-bond acceptors (Lipinski definition) is 3. The lowest BCUT2D eigenvalue weighted by molar-refractivity contribution is -0.0504. The first-order chi connectivity index (χ1) is 7.45. The van der Waals surface area contributed by atoms with E-state index in [4.69, 9.17) is 5.11 Å². The van der Waals surface area contributed by atoms with Gasteiger partial charge in [0.1, 0.15) is 12.0 Å². The van der Waals surface area contributed by atoms with Crippen LogP contribution in [0, 0.1) is 6.92 Å². The molecule has 0 aliphatic rings. The van der Waals surface area contributed by atoms with E-state index in [9.17, 15) is 18.4 Å². The predicted octanol–water partition coefficient (Wildman–Crippen LogP) is 2.11. The van der Waals surface area contributed by atoms with Crippen LogP contribution in [-0.4, -0.2) is 24.0 Å². The molecular formula is C10H8F2O4. The van der Waals surface area contributed by atoms with Gasteiger partial charge in [-0.05, 0) is 19.1 Å². The number of halogens is 2. The fourth-order valence-electron chi connectivity index (χ4n) is 1.17. The lowest BCUT2D eigenvalue weighted by atomic mass is 10.0. The normalized spacial score (nSPS) is 10.2. The summed E-state index contributed by atoms with van der Waals surface area (Å²) >= 11 is 0. The number of carboxylic acid groups (broad SMARTS) is 1. The second-order valence-electron chi connectivity index (χ2n) is 2.99. The number of alkyl halides is 2. The van der Waals surface area contributed by atoms with Crippen LogP contribution >= 0.6 is 0 Å². The quantitative estimate of drug-likeness (QED) is 0.804. The van der Waals surface area contributed by atoms with Crippen LogP contribution in [0.5, 0.6) is 5.75 Å².